The Morgan fingerprint density at radius 3 is 2.00 bits per heavy atom. The lowest BCUT2D eigenvalue weighted by atomic mass is 9.65. The van der Waals surface area contributed by atoms with Crippen LogP contribution in [0.4, 0.5) is 0 Å². The van der Waals surface area contributed by atoms with Crippen LogP contribution >= 0.6 is 0 Å². The molecule has 0 bridgehead atoms. The maximum Gasteiger partial charge on any atom is 0.0541 e. The molecule has 2 fully saturated rings. The van der Waals surface area contributed by atoms with Gasteiger partial charge in [-0.25, -0.2) is 0 Å². The SMILES string of the molecule is CC(C)C1CCC(C2(N)CCC(O)CC2)CC1. The van der Waals surface area contributed by atoms with Crippen LogP contribution in [-0.4, -0.2) is 16.7 Å². The first kappa shape index (κ1) is 13.4. The molecule has 0 aromatic rings. The van der Waals surface area contributed by atoms with Crippen LogP contribution < -0.4 is 5.73 Å². The number of nitrogens with two attached hydrogens (primary N) is 1. The van der Waals surface area contributed by atoms with Crippen LogP contribution in [0.2, 0.25) is 0 Å². The Hall–Kier alpha value is -0.0800. The molecule has 0 aromatic carbocycles. The highest BCUT2D eigenvalue weighted by Gasteiger charge is 2.39. The summed E-state index contributed by atoms with van der Waals surface area (Å²) in [5.74, 6) is 2.46. The van der Waals surface area contributed by atoms with Crippen LogP contribution in [0.5, 0.6) is 0 Å². The smallest absolute Gasteiger partial charge is 0.0541 e. The van der Waals surface area contributed by atoms with Gasteiger partial charge in [-0.2, -0.15) is 0 Å². The summed E-state index contributed by atoms with van der Waals surface area (Å²) in [5, 5.41) is 9.60. The van der Waals surface area contributed by atoms with E-state index in [1.807, 2.05) is 0 Å². The van der Waals surface area contributed by atoms with Crippen molar-refractivity contribution in [2.45, 2.75) is 76.9 Å². The molecule has 0 saturated heterocycles. The van der Waals surface area contributed by atoms with E-state index < -0.39 is 0 Å². The van der Waals surface area contributed by atoms with Crippen molar-refractivity contribution in [1.82, 2.24) is 0 Å². The molecule has 2 aliphatic carbocycles. The molecule has 2 rings (SSSR count). The second-order valence-corrected chi connectivity index (χ2v) is 6.82. The summed E-state index contributed by atoms with van der Waals surface area (Å²) in [6.45, 7) is 4.69. The number of hydrogen-bond acceptors (Lipinski definition) is 2. The van der Waals surface area contributed by atoms with Crippen molar-refractivity contribution in [2.24, 2.45) is 23.5 Å². The minimum absolute atomic E-state index is 0.0428. The molecule has 0 spiro atoms. The van der Waals surface area contributed by atoms with Gasteiger partial charge < -0.3 is 10.8 Å². The van der Waals surface area contributed by atoms with Gasteiger partial charge in [-0.15, -0.1) is 0 Å². The monoisotopic (exact) mass is 239 g/mol. The molecule has 0 heterocycles. The van der Waals surface area contributed by atoms with Gasteiger partial charge in [0.15, 0.2) is 0 Å². The lowest BCUT2D eigenvalue weighted by Crippen LogP contribution is -2.51. The Balaban J connectivity index is 1.87. The zero-order valence-corrected chi connectivity index (χ0v) is 11.5. The summed E-state index contributed by atoms with van der Waals surface area (Å²) in [7, 11) is 0. The number of aliphatic hydroxyl groups excluding tert-OH is 1. The van der Waals surface area contributed by atoms with Crippen molar-refractivity contribution in [3.63, 3.8) is 0 Å². The summed E-state index contributed by atoms with van der Waals surface area (Å²) in [6, 6.07) is 0. The topological polar surface area (TPSA) is 46.2 Å². The summed E-state index contributed by atoms with van der Waals surface area (Å²) in [4.78, 5) is 0. The lowest BCUT2D eigenvalue weighted by molar-refractivity contribution is 0.0551. The zero-order chi connectivity index (χ0) is 12.5. The quantitative estimate of drug-likeness (QED) is 0.778. The largest absolute Gasteiger partial charge is 0.393 e. The Morgan fingerprint density at radius 1 is 1.00 bits per heavy atom. The highest BCUT2D eigenvalue weighted by molar-refractivity contribution is 4.97. The van der Waals surface area contributed by atoms with E-state index >= 15 is 0 Å². The van der Waals surface area contributed by atoms with Crippen molar-refractivity contribution >= 4 is 0 Å². The van der Waals surface area contributed by atoms with Crippen molar-refractivity contribution < 1.29 is 5.11 Å². The Bertz CT molecular complexity index is 235. The highest BCUT2D eigenvalue weighted by Crippen LogP contribution is 2.42. The maximum atomic E-state index is 9.60. The number of hydrogen-bond donors (Lipinski definition) is 2. The van der Waals surface area contributed by atoms with Gasteiger partial charge in [-0.3, -0.25) is 0 Å². The van der Waals surface area contributed by atoms with Gasteiger partial charge in [0, 0.05) is 5.54 Å². The van der Waals surface area contributed by atoms with Crippen molar-refractivity contribution in [3.05, 3.63) is 0 Å². The Kier molecular flexibility index (Phi) is 4.14. The zero-order valence-electron chi connectivity index (χ0n) is 11.5. The van der Waals surface area contributed by atoms with Crippen LogP contribution in [0.25, 0.3) is 0 Å². The first-order valence-electron chi connectivity index (χ1n) is 7.48. The van der Waals surface area contributed by atoms with Crippen LogP contribution in [0.1, 0.15) is 65.2 Å². The highest BCUT2D eigenvalue weighted by atomic mass is 16.3. The van der Waals surface area contributed by atoms with Crippen LogP contribution in [-0.2, 0) is 0 Å². The average molecular weight is 239 g/mol. The molecular weight excluding hydrogens is 210 g/mol. The molecule has 2 aliphatic rings. The summed E-state index contributed by atoms with van der Waals surface area (Å²) in [6.07, 6.45) is 9.18. The van der Waals surface area contributed by atoms with Gasteiger partial charge in [0.1, 0.15) is 0 Å². The first-order valence-corrected chi connectivity index (χ1v) is 7.48. The van der Waals surface area contributed by atoms with E-state index in [1.54, 1.807) is 0 Å². The second kappa shape index (κ2) is 5.27. The molecule has 2 saturated carbocycles. The molecule has 3 N–H and O–H groups in total. The molecule has 2 heteroatoms. The summed E-state index contributed by atoms with van der Waals surface area (Å²) >= 11 is 0. The molecule has 0 amide bonds. The normalized spacial score (nSPS) is 43.9. The van der Waals surface area contributed by atoms with Gasteiger partial charge in [0.05, 0.1) is 6.10 Å². The average Bonchev–Trinajstić information content (AvgIpc) is 2.33. The second-order valence-electron chi connectivity index (χ2n) is 6.82. The Morgan fingerprint density at radius 2 is 1.53 bits per heavy atom. The van der Waals surface area contributed by atoms with Crippen molar-refractivity contribution in [2.75, 3.05) is 0 Å². The maximum absolute atomic E-state index is 9.60. The van der Waals surface area contributed by atoms with E-state index in [1.165, 1.54) is 25.7 Å². The van der Waals surface area contributed by atoms with Crippen LogP contribution in [0.3, 0.4) is 0 Å². The van der Waals surface area contributed by atoms with Crippen molar-refractivity contribution in [1.29, 1.82) is 0 Å². The third kappa shape index (κ3) is 3.03. The van der Waals surface area contributed by atoms with E-state index in [0.29, 0.717) is 5.92 Å². The molecule has 100 valence electrons. The molecule has 0 aliphatic heterocycles. The first-order chi connectivity index (χ1) is 8.01. The predicted octanol–water partition coefficient (Wildman–Crippen LogP) is 3.08. The van der Waals surface area contributed by atoms with Gasteiger partial charge in [0.2, 0.25) is 0 Å². The minimum Gasteiger partial charge on any atom is -0.393 e. The van der Waals surface area contributed by atoms with E-state index in [0.717, 1.165) is 37.5 Å². The van der Waals surface area contributed by atoms with Crippen molar-refractivity contribution in [3.8, 4) is 0 Å². The third-order valence-corrected chi connectivity index (χ3v) is 5.41. The predicted molar refractivity (Wildman–Crippen MR) is 71.7 cm³/mol. The number of aliphatic hydroxyl groups is 1. The van der Waals surface area contributed by atoms with Crippen LogP contribution in [0, 0.1) is 17.8 Å². The molecule has 0 radical (unpaired) electrons. The van der Waals surface area contributed by atoms with Gasteiger partial charge in [-0.1, -0.05) is 13.8 Å². The molecule has 0 atom stereocenters. The van der Waals surface area contributed by atoms with Gasteiger partial charge in [0.25, 0.3) is 0 Å². The standard InChI is InChI=1S/C15H29NO/c1-11(2)12-3-5-13(6-4-12)15(16)9-7-14(17)8-10-15/h11-14,17H,3-10,16H2,1-2H3. The van der Waals surface area contributed by atoms with Gasteiger partial charge >= 0.3 is 0 Å². The number of rotatable bonds is 2. The molecule has 0 unspecified atom stereocenters. The minimum atomic E-state index is -0.0846. The Labute approximate surface area is 106 Å². The lowest BCUT2D eigenvalue weighted by Gasteiger charge is -2.45. The van der Waals surface area contributed by atoms with E-state index in [-0.39, 0.29) is 11.6 Å². The molecule has 2 nitrogen and oxygen atoms in total. The van der Waals surface area contributed by atoms with E-state index in [9.17, 15) is 5.11 Å². The fourth-order valence-corrected chi connectivity index (χ4v) is 3.91. The summed E-state index contributed by atoms with van der Waals surface area (Å²) in [5.41, 5.74) is 6.65. The van der Waals surface area contributed by atoms with E-state index in [4.69, 9.17) is 5.73 Å². The molecule has 0 aromatic heterocycles. The van der Waals surface area contributed by atoms with Gasteiger partial charge in [-0.05, 0) is 69.1 Å². The third-order valence-electron chi connectivity index (χ3n) is 5.41. The molecule has 17 heavy (non-hydrogen) atoms. The van der Waals surface area contributed by atoms with Crippen LogP contribution in [0.15, 0.2) is 0 Å². The van der Waals surface area contributed by atoms with E-state index in [2.05, 4.69) is 13.8 Å². The summed E-state index contributed by atoms with van der Waals surface area (Å²) < 4.78 is 0. The fourth-order valence-electron chi connectivity index (χ4n) is 3.91. The fraction of sp³-hybridized carbons (Fsp3) is 1.00. The molecular formula is C15H29NO.